The van der Waals surface area contributed by atoms with Gasteiger partial charge >= 0.3 is 0 Å². The van der Waals surface area contributed by atoms with Gasteiger partial charge in [-0.15, -0.1) is 0 Å². The highest BCUT2D eigenvalue weighted by Crippen LogP contribution is 2.33. The zero-order valence-electron chi connectivity index (χ0n) is 10.5. The maximum atomic E-state index is 13.3. The lowest BCUT2D eigenvalue weighted by atomic mass is 10.1. The molecule has 19 heavy (non-hydrogen) atoms. The van der Waals surface area contributed by atoms with Crippen molar-refractivity contribution in [3.8, 4) is 0 Å². The maximum Gasteiger partial charge on any atom is 0.249 e. The second kappa shape index (κ2) is 4.83. The van der Waals surface area contributed by atoms with Crippen LogP contribution in [-0.2, 0) is 9.59 Å². The normalized spacial score (nSPS) is 17.8. The minimum Gasteiger partial charge on any atom is -0.372 e. The van der Waals surface area contributed by atoms with Crippen LogP contribution in [0.5, 0.6) is 0 Å². The van der Waals surface area contributed by atoms with Crippen molar-refractivity contribution in [1.29, 1.82) is 0 Å². The van der Waals surface area contributed by atoms with Crippen molar-refractivity contribution in [2.45, 2.75) is 13.0 Å². The highest BCUT2D eigenvalue weighted by Gasteiger charge is 2.31. The number of halogens is 2. The molecule has 1 atom stereocenters. The van der Waals surface area contributed by atoms with Gasteiger partial charge in [-0.1, -0.05) is 0 Å². The Kier molecular flexibility index (Phi) is 3.37. The van der Waals surface area contributed by atoms with Crippen LogP contribution in [0.2, 0.25) is 0 Å². The van der Waals surface area contributed by atoms with Crippen molar-refractivity contribution in [2.24, 2.45) is 0 Å². The van der Waals surface area contributed by atoms with E-state index >= 15 is 0 Å². The molecule has 1 aliphatic rings. The molecule has 1 aliphatic heterocycles. The monoisotopic (exact) mass is 269 g/mol. The fourth-order valence-corrected chi connectivity index (χ4v) is 1.91. The predicted molar refractivity (Wildman–Crippen MR) is 65.9 cm³/mol. The Balaban J connectivity index is 2.46. The van der Waals surface area contributed by atoms with Gasteiger partial charge in [0.05, 0.1) is 11.4 Å². The molecule has 7 heteroatoms. The van der Waals surface area contributed by atoms with Crippen LogP contribution in [-0.4, -0.2) is 31.4 Å². The molecule has 0 bridgehead atoms. The number of anilines is 2. The van der Waals surface area contributed by atoms with Crippen LogP contribution < -0.4 is 15.5 Å². The summed E-state index contributed by atoms with van der Waals surface area (Å²) in [5, 5.41) is 5.15. The SMILES string of the molecule is CNC(=O)CN1C(=O)C(C)Nc2cc(F)c(F)cc21. The Bertz CT molecular complexity index is 548. The van der Waals surface area contributed by atoms with E-state index in [1.165, 1.54) is 7.05 Å². The molecule has 0 saturated heterocycles. The molecule has 1 aromatic rings. The van der Waals surface area contributed by atoms with E-state index in [1.807, 2.05) is 0 Å². The van der Waals surface area contributed by atoms with Crippen LogP contribution in [0, 0.1) is 11.6 Å². The summed E-state index contributed by atoms with van der Waals surface area (Å²) in [6, 6.07) is 1.27. The van der Waals surface area contributed by atoms with Gasteiger partial charge in [-0.3, -0.25) is 14.5 Å². The minimum absolute atomic E-state index is 0.158. The van der Waals surface area contributed by atoms with Crippen molar-refractivity contribution in [2.75, 3.05) is 23.8 Å². The molecule has 1 heterocycles. The number of carbonyl (C=O) groups excluding carboxylic acids is 2. The average molecular weight is 269 g/mol. The molecule has 102 valence electrons. The average Bonchev–Trinajstić information content (AvgIpc) is 2.37. The standard InChI is InChI=1S/C12H13F2N3O2/c1-6-12(19)17(5-11(18)15-2)10-4-8(14)7(13)3-9(10)16-6/h3-4,6,16H,5H2,1-2H3,(H,15,18). The number of fused-ring (bicyclic) bond motifs is 1. The lowest BCUT2D eigenvalue weighted by Crippen LogP contribution is -2.49. The molecule has 0 aliphatic carbocycles. The van der Waals surface area contributed by atoms with E-state index in [-0.39, 0.29) is 23.8 Å². The topological polar surface area (TPSA) is 61.4 Å². The van der Waals surface area contributed by atoms with E-state index in [1.54, 1.807) is 6.92 Å². The molecule has 0 radical (unpaired) electrons. The van der Waals surface area contributed by atoms with Crippen LogP contribution in [0.3, 0.4) is 0 Å². The summed E-state index contributed by atoms with van der Waals surface area (Å²) >= 11 is 0. The molecule has 2 rings (SSSR count). The molecule has 0 aromatic heterocycles. The van der Waals surface area contributed by atoms with E-state index < -0.39 is 23.6 Å². The van der Waals surface area contributed by atoms with E-state index in [0.29, 0.717) is 0 Å². The second-order valence-corrected chi connectivity index (χ2v) is 4.25. The second-order valence-electron chi connectivity index (χ2n) is 4.25. The van der Waals surface area contributed by atoms with Gasteiger partial charge in [0.25, 0.3) is 0 Å². The van der Waals surface area contributed by atoms with Gasteiger partial charge in [0, 0.05) is 19.2 Å². The van der Waals surface area contributed by atoms with Crippen molar-refractivity contribution in [3.05, 3.63) is 23.8 Å². The van der Waals surface area contributed by atoms with Gasteiger partial charge in [0.2, 0.25) is 11.8 Å². The zero-order chi connectivity index (χ0) is 14.2. The third kappa shape index (κ3) is 2.35. The van der Waals surface area contributed by atoms with Crippen molar-refractivity contribution in [3.63, 3.8) is 0 Å². The van der Waals surface area contributed by atoms with Gasteiger partial charge in [-0.05, 0) is 6.92 Å². The van der Waals surface area contributed by atoms with Crippen LogP contribution in [0.25, 0.3) is 0 Å². The number of nitrogens with one attached hydrogen (secondary N) is 2. The molecule has 0 fully saturated rings. The summed E-state index contributed by atoms with van der Waals surface area (Å²) in [6.45, 7) is 1.35. The van der Waals surface area contributed by atoms with E-state index in [0.717, 1.165) is 17.0 Å². The Labute approximate surface area is 108 Å². The van der Waals surface area contributed by atoms with Crippen molar-refractivity contribution >= 4 is 23.2 Å². The third-order valence-electron chi connectivity index (χ3n) is 2.92. The van der Waals surface area contributed by atoms with E-state index in [2.05, 4.69) is 10.6 Å². The lowest BCUT2D eigenvalue weighted by Gasteiger charge is -2.33. The van der Waals surface area contributed by atoms with Gasteiger partial charge < -0.3 is 10.6 Å². The predicted octanol–water partition coefficient (Wildman–Crippen LogP) is 0.858. The molecule has 5 nitrogen and oxygen atoms in total. The van der Waals surface area contributed by atoms with E-state index in [9.17, 15) is 18.4 Å². The highest BCUT2D eigenvalue weighted by atomic mass is 19.2. The minimum atomic E-state index is -1.06. The van der Waals surface area contributed by atoms with Crippen LogP contribution in [0.1, 0.15) is 6.92 Å². The van der Waals surface area contributed by atoms with Gasteiger partial charge in [-0.25, -0.2) is 8.78 Å². The summed E-state index contributed by atoms with van der Waals surface area (Å²) in [7, 11) is 1.44. The quantitative estimate of drug-likeness (QED) is 0.837. The molecule has 0 spiro atoms. The molecule has 0 saturated carbocycles. The first-order valence-corrected chi connectivity index (χ1v) is 5.71. The Hall–Kier alpha value is -2.18. The third-order valence-corrected chi connectivity index (χ3v) is 2.92. The first-order valence-electron chi connectivity index (χ1n) is 5.71. The number of hydrogen-bond donors (Lipinski definition) is 2. The number of hydrogen-bond acceptors (Lipinski definition) is 3. The van der Waals surface area contributed by atoms with Crippen LogP contribution in [0.4, 0.5) is 20.2 Å². The molecule has 1 unspecified atom stereocenters. The fourth-order valence-electron chi connectivity index (χ4n) is 1.91. The number of rotatable bonds is 2. The number of carbonyl (C=O) groups is 2. The number of benzene rings is 1. The van der Waals surface area contributed by atoms with Gasteiger partial charge in [0.1, 0.15) is 12.6 Å². The summed E-state index contributed by atoms with van der Waals surface area (Å²) in [4.78, 5) is 24.5. The van der Waals surface area contributed by atoms with Crippen molar-refractivity contribution in [1.82, 2.24) is 5.32 Å². The zero-order valence-corrected chi connectivity index (χ0v) is 10.5. The first kappa shape index (κ1) is 13.3. The Morgan fingerprint density at radius 2 is 2.05 bits per heavy atom. The Morgan fingerprint density at radius 3 is 2.68 bits per heavy atom. The fraction of sp³-hybridized carbons (Fsp3) is 0.333. The van der Waals surface area contributed by atoms with Crippen LogP contribution in [0.15, 0.2) is 12.1 Å². The summed E-state index contributed by atoms with van der Waals surface area (Å²) in [5.74, 6) is -2.84. The largest absolute Gasteiger partial charge is 0.372 e. The van der Waals surface area contributed by atoms with Crippen LogP contribution >= 0.6 is 0 Å². The Morgan fingerprint density at radius 1 is 1.42 bits per heavy atom. The summed E-state index contributed by atoms with van der Waals surface area (Å²) in [6.07, 6.45) is 0. The number of nitrogens with zero attached hydrogens (tertiary/aromatic N) is 1. The molecule has 1 aromatic carbocycles. The smallest absolute Gasteiger partial charge is 0.249 e. The van der Waals surface area contributed by atoms with Crippen molar-refractivity contribution < 1.29 is 18.4 Å². The molecule has 2 amide bonds. The van der Waals surface area contributed by atoms with E-state index in [4.69, 9.17) is 0 Å². The highest BCUT2D eigenvalue weighted by molar-refractivity contribution is 6.07. The number of likely N-dealkylation sites (N-methyl/N-ethyl adjacent to an activating group) is 1. The molecular weight excluding hydrogens is 256 g/mol. The molecule has 2 N–H and O–H groups in total. The number of amides is 2. The lowest BCUT2D eigenvalue weighted by molar-refractivity contribution is -0.123. The summed E-state index contributed by atoms with van der Waals surface area (Å²) < 4.78 is 26.5. The maximum absolute atomic E-state index is 13.3. The first-order chi connectivity index (χ1) is 8.93. The molecular formula is C12H13F2N3O2. The summed E-state index contributed by atoms with van der Waals surface area (Å²) in [5.41, 5.74) is 0.445. The van der Waals surface area contributed by atoms with Gasteiger partial charge in [-0.2, -0.15) is 0 Å². The van der Waals surface area contributed by atoms with Gasteiger partial charge in [0.15, 0.2) is 11.6 Å².